The van der Waals surface area contributed by atoms with Crippen LogP contribution >= 0.6 is 11.6 Å². The van der Waals surface area contributed by atoms with E-state index < -0.39 is 11.8 Å². The van der Waals surface area contributed by atoms with E-state index in [0.717, 1.165) is 16.7 Å². The molecule has 0 spiro atoms. The average molecular weight is 347 g/mol. The van der Waals surface area contributed by atoms with Crippen molar-refractivity contribution in [3.05, 3.63) is 64.2 Å². The van der Waals surface area contributed by atoms with E-state index in [1.807, 2.05) is 31.2 Å². The zero-order chi connectivity index (χ0) is 17.5. The number of aryl methyl sites for hydroxylation is 1. The highest BCUT2D eigenvalue weighted by molar-refractivity contribution is 6.39. The van der Waals surface area contributed by atoms with Crippen LogP contribution in [-0.4, -0.2) is 23.5 Å². The molecule has 2 aromatic rings. The van der Waals surface area contributed by atoms with Gasteiger partial charge >= 0.3 is 11.8 Å². The number of aliphatic hydroxyl groups excluding tert-OH is 1. The lowest BCUT2D eigenvalue weighted by molar-refractivity contribution is -0.136. The number of halogens is 1. The molecule has 0 saturated carbocycles. The Balaban J connectivity index is 1.80. The van der Waals surface area contributed by atoms with Gasteiger partial charge in [-0.1, -0.05) is 41.9 Å². The zero-order valence-corrected chi connectivity index (χ0v) is 14.1. The Bertz CT molecular complexity index is 730. The van der Waals surface area contributed by atoms with E-state index in [2.05, 4.69) is 10.6 Å². The van der Waals surface area contributed by atoms with Gasteiger partial charge in [-0.3, -0.25) is 9.59 Å². The summed E-state index contributed by atoms with van der Waals surface area (Å²) in [6.45, 7) is 2.20. The van der Waals surface area contributed by atoms with Crippen molar-refractivity contribution < 1.29 is 14.7 Å². The Morgan fingerprint density at radius 3 is 2.33 bits per heavy atom. The number of nitrogens with one attached hydrogen (secondary N) is 2. The summed E-state index contributed by atoms with van der Waals surface area (Å²) in [5.74, 6) is -1.43. The van der Waals surface area contributed by atoms with Crippen LogP contribution < -0.4 is 10.6 Å². The van der Waals surface area contributed by atoms with Gasteiger partial charge in [-0.2, -0.15) is 0 Å². The van der Waals surface area contributed by atoms with E-state index in [1.165, 1.54) is 0 Å². The predicted molar refractivity (Wildman–Crippen MR) is 93.9 cm³/mol. The average Bonchev–Trinajstić information content (AvgIpc) is 2.58. The van der Waals surface area contributed by atoms with Crippen molar-refractivity contribution in [3.8, 4) is 0 Å². The fraction of sp³-hybridized carbons (Fsp3) is 0.222. The maximum absolute atomic E-state index is 11.8. The second kappa shape index (κ2) is 8.47. The van der Waals surface area contributed by atoms with Gasteiger partial charge in [0.05, 0.1) is 6.61 Å². The molecule has 2 amide bonds. The molecule has 24 heavy (non-hydrogen) atoms. The molecule has 6 heteroatoms. The minimum atomic E-state index is -0.731. The lowest BCUT2D eigenvalue weighted by Crippen LogP contribution is -2.36. The van der Waals surface area contributed by atoms with Crippen molar-refractivity contribution in [1.82, 2.24) is 5.32 Å². The summed E-state index contributed by atoms with van der Waals surface area (Å²) in [5, 5.41) is 14.6. The first kappa shape index (κ1) is 18.0. The predicted octanol–water partition coefficient (Wildman–Crippen LogP) is 2.44. The van der Waals surface area contributed by atoms with Gasteiger partial charge < -0.3 is 15.7 Å². The molecular formula is C18H19ClN2O3. The van der Waals surface area contributed by atoms with Crippen molar-refractivity contribution in [3.63, 3.8) is 0 Å². The highest BCUT2D eigenvalue weighted by Crippen LogP contribution is 2.19. The van der Waals surface area contributed by atoms with Gasteiger partial charge in [-0.05, 0) is 42.2 Å². The van der Waals surface area contributed by atoms with Crippen LogP contribution in [0.25, 0.3) is 0 Å². The van der Waals surface area contributed by atoms with Crippen molar-refractivity contribution >= 4 is 29.1 Å². The largest absolute Gasteiger partial charge is 0.392 e. The number of anilines is 1. The maximum atomic E-state index is 11.8. The minimum Gasteiger partial charge on any atom is -0.392 e. The highest BCUT2D eigenvalue weighted by atomic mass is 35.5. The van der Waals surface area contributed by atoms with Crippen molar-refractivity contribution in [2.75, 3.05) is 11.9 Å². The third-order valence-electron chi connectivity index (χ3n) is 3.54. The molecule has 2 rings (SSSR count). The van der Waals surface area contributed by atoms with Crippen LogP contribution in [0.3, 0.4) is 0 Å². The standard InChI is InChI=1S/C18H19ClN2O3/c1-12-2-7-15(10-16(12)19)21-18(24)17(23)20-9-8-13-3-5-14(11-22)6-4-13/h2-7,10,22H,8-9,11H2,1H3,(H,20,23)(H,21,24). The van der Waals surface area contributed by atoms with Gasteiger partial charge in [-0.25, -0.2) is 0 Å². The molecule has 0 atom stereocenters. The molecule has 2 aromatic carbocycles. The lowest BCUT2D eigenvalue weighted by Gasteiger charge is -2.08. The lowest BCUT2D eigenvalue weighted by atomic mass is 10.1. The number of carbonyl (C=O) groups is 2. The smallest absolute Gasteiger partial charge is 0.313 e. The van der Waals surface area contributed by atoms with Crippen LogP contribution in [0.2, 0.25) is 5.02 Å². The summed E-state index contributed by atoms with van der Waals surface area (Å²) in [7, 11) is 0. The second-order valence-electron chi connectivity index (χ2n) is 5.40. The molecule has 3 N–H and O–H groups in total. The summed E-state index contributed by atoms with van der Waals surface area (Å²) >= 11 is 5.98. The van der Waals surface area contributed by atoms with Gasteiger partial charge in [-0.15, -0.1) is 0 Å². The van der Waals surface area contributed by atoms with Crippen LogP contribution in [0.5, 0.6) is 0 Å². The van der Waals surface area contributed by atoms with Crippen LogP contribution in [-0.2, 0) is 22.6 Å². The van der Waals surface area contributed by atoms with E-state index in [1.54, 1.807) is 18.2 Å². The van der Waals surface area contributed by atoms with Gasteiger partial charge in [0.2, 0.25) is 0 Å². The molecule has 0 saturated heterocycles. The third kappa shape index (κ3) is 5.08. The van der Waals surface area contributed by atoms with Crippen LogP contribution in [0.15, 0.2) is 42.5 Å². The molecule has 0 unspecified atom stereocenters. The fourth-order valence-corrected chi connectivity index (χ4v) is 2.25. The molecule has 126 valence electrons. The Morgan fingerprint density at radius 1 is 1.04 bits per heavy atom. The minimum absolute atomic E-state index is 0.000213. The Hall–Kier alpha value is -2.37. The number of amides is 2. The second-order valence-corrected chi connectivity index (χ2v) is 5.81. The molecule has 0 heterocycles. The van der Waals surface area contributed by atoms with Gasteiger partial charge in [0.1, 0.15) is 0 Å². The van der Waals surface area contributed by atoms with E-state index in [0.29, 0.717) is 23.7 Å². The summed E-state index contributed by atoms with van der Waals surface area (Å²) < 4.78 is 0. The number of benzene rings is 2. The van der Waals surface area contributed by atoms with Crippen molar-refractivity contribution in [2.45, 2.75) is 20.0 Å². The van der Waals surface area contributed by atoms with E-state index in [4.69, 9.17) is 16.7 Å². The third-order valence-corrected chi connectivity index (χ3v) is 3.95. The van der Waals surface area contributed by atoms with Gasteiger partial charge in [0, 0.05) is 17.3 Å². The molecule has 5 nitrogen and oxygen atoms in total. The Kier molecular flexibility index (Phi) is 6.35. The topological polar surface area (TPSA) is 78.4 Å². The Morgan fingerprint density at radius 2 is 1.71 bits per heavy atom. The first-order valence-corrected chi connectivity index (χ1v) is 7.91. The van der Waals surface area contributed by atoms with Gasteiger partial charge in [0.15, 0.2) is 0 Å². The summed E-state index contributed by atoms with van der Waals surface area (Å²) in [6.07, 6.45) is 0.598. The number of hydrogen-bond donors (Lipinski definition) is 3. The van der Waals surface area contributed by atoms with Crippen molar-refractivity contribution in [1.29, 1.82) is 0 Å². The number of rotatable bonds is 5. The molecular weight excluding hydrogens is 328 g/mol. The Labute approximate surface area is 145 Å². The van der Waals surface area contributed by atoms with E-state index in [9.17, 15) is 9.59 Å². The first-order valence-electron chi connectivity index (χ1n) is 7.53. The van der Waals surface area contributed by atoms with E-state index >= 15 is 0 Å². The highest BCUT2D eigenvalue weighted by Gasteiger charge is 2.13. The molecule has 0 aliphatic carbocycles. The normalized spacial score (nSPS) is 10.3. The summed E-state index contributed by atoms with van der Waals surface area (Å²) in [6, 6.07) is 12.5. The van der Waals surface area contributed by atoms with E-state index in [-0.39, 0.29) is 6.61 Å². The quantitative estimate of drug-likeness (QED) is 0.728. The van der Waals surface area contributed by atoms with Crippen LogP contribution in [0.4, 0.5) is 5.69 Å². The molecule has 0 bridgehead atoms. The molecule has 0 radical (unpaired) electrons. The number of carbonyl (C=O) groups excluding carboxylic acids is 2. The molecule has 0 aliphatic rings. The summed E-state index contributed by atoms with van der Waals surface area (Å²) in [5.41, 5.74) is 3.22. The molecule has 0 aromatic heterocycles. The number of aliphatic hydroxyl groups is 1. The summed E-state index contributed by atoms with van der Waals surface area (Å²) in [4.78, 5) is 23.6. The number of hydrogen-bond acceptors (Lipinski definition) is 3. The SMILES string of the molecule is Cc1ccc(NC(=O)C(=O)NCCc2ccc(CO)cc2)cc1Cl. The van der Waals surface area contributed by atoms with Crippen LogP contribution in [0, 0.1) is 6.92 Å². The van der Waals surface area contributed by atoms with Gasteiger partial charge in [0.25, 0.3) is 0 Å². The fourth-order valence-electron chi connectivity index (χ4n) is 2.07. The molecule has 0 aliphatic heterocycles. The first-order chi connectivity index (χ1) is 11.5. The van der Waals surface area contributed by atoms with Crippen molar-refractivity contribution in [2.24, 2.45) is 0 Å². The maximum Gasteiger partial charge on any atom is 0.313 e. The molecule has 0 fully saturated rings. The monoisotopic (exact) mass is 346 g/mol. The van der Waals surface area contributed by atoms with Crippen LogP contribution in [0.1, 0.15) is 16.7 Å². The zero-order valence-electron chi connectivity index (χ0n) is 13.3.